The summed E-state index contributed by atoms with van der Waals surface area (Å²) < 4.78 is 1.45. The summed E-state index contributed by atoms with van der Waals surface area (Å²) in [6.07, 6.45) is 3.04. The molecule has 2 fully saturated rings. The first kappa shape index (κ1) is 5.72. The molecule has 0 amide bonds. The summed E-state index contributed by atoms with van der Waals surface area (Å²) in [5.74, 6) is 0. The predicted octanol–water partition coefficient (Wildman–Crippen LogP) is 1.39. The van der Waals surface area contributed by atoms with Gasteiger partial charge in [0, 0.05) is 12.8 Å². The highest BCUT2D eigenvalue weighted by Crippen LogP contribution is 2.60. The van der Waals surface area contributed by atoms with Crippen molar-refractivity contribution in [3.8, 4) is 0 Å². The summed E-state index contributed by atoms with van der Waals surface area (Å²) >= 11 is 0. The first-order valence-electron chi connectivity index (χ1n) is 4.15. The SMILES string of the molecule is CC[N+]1(CC)CC12CC2. The number of hydrogen-bond acceptors (Lipinski definition) is 0. The molecule has 0 aromatic heterocycles. The van der Waals surface area contributed by atoms with Gasteiger partial charge in [0.2, 0.25) is 0 Å². The Kier molecular flexibility index (Phi) is 0.852. The molecule has 1 saturated heterocycles. The molecule has 0 aromatic rings. The third-order valence-electron chi connectivity index (χ3n) is 3.54. The van der Waals surface area contributed by atoms with Gasteiger partial charge >= 0.3 is 0 Å². The van der Waals surface area contributed by atoms with Gasteiger partial charge in [-0.1, -0.05) is 0 Å². The standard InChI is InChI=1S/C8H16N/c1-3-9(4-2)7-8(9)5-6-8/h3-7H2,1-2H3/q+1. The fourth-order valence-corrected chi connectivity index (χ4v) is 2.42. The van der Waals surface area contributed by atoms with E-state index in [1.807, 2.05) is 0 Å². The van der Waals surface area contributed by atoms with Gasteiger partial charge in [-0.3, -0.25) is 0 Å². The van der Waals surface area contributed by atoms with Crippen LogP contribution in [0.3, 0.4) is 0 Å². The maximum absolute atomic E-state index is 2.33. The minimum absolute atomic E-state index is 0.851. The fraction of sp³-hybridized carbons (Fsp3) is 1.00. The molecule has 0 bridgehead atoms. The van der Waals surface area contributed by atoms with Crippen LogP contribution in [-0.4, -0.2) is 29.7 Å². The van der Waals surface area contributed by atoms with Crippen molar-refractivity contribution in [2.24, 2.45) is 0 Å². The lowest BCUT2D eigenvalue weighted by molar-refractivity contribution is -0.816. The quantitative estimate of drug-likeness (QED) is 0.387. The molecule has 1 heteroatoms. The normalized spacial score (nSPS) is 32.7. The van der Waals surface area contributed by atoms with E-state index in [9.17, 15) is 0 Å². The van der Waals surface area contributed by atoms with E-state index < -0.39 is 0 Å². The molecule has 0 unspecified atom stereocenters. The zero-order valence-electron chi connectivity index (χ0n) is 6.48. The molecule has 1 aliphatic heterocycles. The molecule has 0 N–H and O–H groups in total. The maximum atomic E-state index is 2.33. The average Bonchev–Trinajstić information content (AvgIpc) is 2.76. The number of nitrogens with zero attached hydrogens (tertiary/aromatic N) is 1. The molecule has 2 rings (SSSR count). The molecular formula is C8H16N+. The van der Waals surface area contributed by atoms with Crippen LogP contribution in [0, 0.1) is 0 Å². The van der Waals surface area contributed by atoms with E-state index in [1.165, 1.54) is 37.0 Å². The van der Waals surface area contributed by atoms with Gasteiger partial charge in [-0.2, -0.15) is 0 Å². The summed E-state index contributed by atoms with van der Waals surface area (Å²) in [7, 11) is 0. The fourth-order valence-electron chi connectivity index (χ4n) is 2.42. The van der Waals surface area contributed by atoms with Crippen LogP contribution in [0.5, 0.6) is 0 Å². The molecule has 1 saturated carbocycles. The number of quaternary nitrogens is 1. The lowest BCUT2D eigenvalue weighted by Crippen LogP contribution is -2.28. The third-order valence-corrected chi connectivity index (χ3v) is 3.54. The topological polar surface area (TPSA) is 0 Å². The number of hydrogen-bond donors (Lipinski definition) is 0. The van der Waals surface area contributed by atoms with Crippen molar-refractivity contribution < 1.29 is 4.48 Å². The summed E-state index contributed by atoms with van der Waals surface area (Å²) in [5.41, 5.74) is 0.851. The Hall–Kier alpha value is -0.0400. The van der Waals surface area contributed by atoms with Crippen LogP contribution >= 0.6 is 0 Å². The van der Waals surface area contributed by atoms with E-state index in [0.29, 0.717) is 0 Å². The van der Waals surface area contributed by atoms with Gasteiger partial charge in [-0.25, -0.2) is 0 Å². The molecular weight excluding hydrogens is 110 g/mol. The van der Waals surface area contributed by atoms with Crippen molar-refractivity contribution in [1.29, 1.82) is 0 Å². The van der Waals surface area contributed by atoms with Crippen LogP contribution in [0.15, 0.2) is 0 Å². The molecule has 1 aliphatic carbocycles. The van der Waals surface area contributed by atoms with Crippen molar-refractivity contribution >= 4 is 0 Å². The average molecular weight is 126 g/mol. The minimum Gasteiger partial charge on any atom is -0.309 e. The Labute approximate surface area is 57.3 Å². The molecule has 52 valence electrons. The van der Waals surface area contributed by atoms with Gasteiger partial charge in [-0.15, -0.1) is 0 Å². The molecule has 9 heavy (non-hydrogen) atoms. The van der Waals surface area contributed by atoms with Crippen molar-refractivity contribution in [3.05, 3.63) is 0 Å². The van der Waals surface area contributed by atoms with Crippen LogP contribution < -0.4 is 0 Å². The van der Waals surface area contributed by atoms with Gasteiger partial charge in [0.15, 0.2) is 0 Å². The van der Waals surface area contributed by atoms with Gasteiger partial charge in [0.1, 0.15) is 12.1 Å². The Bertz CT molecular complexity index is 132. The Morgan fingerprint density at radius 1 is 1.22 bits per heavy atom. The maximum Gasteiger partial charge on any atom is 0.149 e. The zero-order chi connectivity index (χ0) is 6.54. The van der Waals surface area contributed by atoms with Crippen LogP contribution in [-0.2, 0) is 0 Å². The molecule has 0 aromatic carbocycles. The molecule has 0 radical (unpaired) electrons. The Morgan fingerprint density at radius 2 is 1.78 bits per heavy atom. The van der Waals surface area contributed by atoms with Crippen LogP contribution in [0.25, 0.3) is 0 Å². The Balaban J connectivity index is 2.08. The summed E-state index contributed by atoms with van der Waals surface area (Å²) in [5, 5.41) is 0. The smallest absolute Gasteiger partial charge is 0.149 e. The molecule has 0 atom stereocenters. The van der Waals surface area contributed by atoms with E-state index >= 15 is 0 Å². The van der Waals surface area contributed by atoms with Gasteiger partial charge in [0.05, 0.1) is 13.1 Å². The van der Waals surface area contributed by atoms with E-state index in [-0.39, 0.29) is 0 Å². The molecule has 2 aliphatic rings. The van der Waals surface area contributed by atoms with Crippen molar-refractivity contribution in [2.45, 2.75) is 32.2 Å². The lowest BCUT2D eigenvalue weighted by atomic mass is 10.4. The van der Waals surface area contributed by atoms with E-state index in [4.69, 9.17) is 0 Å². The van der Waals surface area contributed by atoms with E-state index in [2.05, 4.69) is 13.8 Å². The highest BCUT2D eigenvalue weighted by molar-refractivity contribution is 5.07. The lowest BCUT2D eigenvalue weighted by Gasteiger charge is -2.15. The first-order valence-corrected chi connectivity index (χ1v) is 4.15. The van der Waals surface area contributed by atoms with Crippen molar-refractivity contribution in [3.63, 3.8) is 0 Å². The highest BCUT2D eigenvalue weighted by atomic mass is 15.6. The second kappa shape index (κ2) is 1.34. The first-order chi connectivity index (χ1) is 4.29. The second-order valence-corrected chi connectivity index (χ2v) is 3.66. The third kappa shape index (κ3) is 0.493. The highest BCUT2D eigenvalue weighted by Gasteiger charge is 2.75. The van der Waals surface area contributed by atoms with Crippen molar-refractivity contribution in [2.75, 3.05) is 19.6 Å². The molecule has 1 spiro atoms. The molecule has 1 heterocycles. The molecule has 1 nitrogen and oxygen atoms in total. The monoisotopic (exact) mass is 126 g/mol. The van der Waals surface area contributed by atoms with E-state index in [0.717, 1.165) is 5.54 Å². The van der Waals surface area contributed by atoms with Gasteiger partial charge < -0.3 is 4.48 Å². The predicted molar refractivity (Wildman–Crippen MR) is 38.2 cm³/mol. The Morgan fingerprint density at radius 3 is 1.89 bits per heavy atom. The van der Waals surface area contributed by atoms with Crippen LogP contribution in [0.2, 0.25) is 0 Å². The summed E-state index contributed by atoms with van der Waals surface area (Å²) in [6.45, 7) is 8.90. The van der Waals surface area contributed by atoms with Gasteiger partial charge in [0.25, 0.3) is 0 Å². The number of rotatable bonds is 2. The largest absolute Gasteiger partial charge is 0.309 e. The zero-order valence-corrected chi connectivity index (χ0v) is 6.48. The van der Waals surface area contributed by atoms with E-state index in [1.54, 1.807) is 0 Å². The summed E-state index contributed by atoms with van der Waals surface area (Å²) in [6, 6.07) is 0. The van der Waals surface area contributed by atoms with Crippen LogP contribution in [0.1, 0.15) is 26.7 Å². The second-order valence-electron chi connectivity index (χ2n) is 3.66. The number of likely N-dealkylation sites (N-methyl/N-ethyl adjacent to an activating group) is 1. The van der Waals surface area contributed by atoms with Crippen molar-refractivity contribution in [1.82, 2.24) is 0 Å². The van der Waals surface area contributed by atoms with Crippen LogP contribution in [0.4, 0.5) is 0 Å². The van der Waals surface area contributed by atoms with Gasteiger partial charge in [-0.05, 0) is 13.8 Å². The minimum atomic E-state index is 0.851. The summed E-state index contributed by atoms with van der Waals surface area (Å²) in [4.78, 5) is 0.